The standard InChI is InChI=1S/C18H21NO4S/c1-13-8-9-17(23-3)18(12-13)24(20,21)19-11-10-16(22-2)14-6-4-5-7-15(14)19/h4-9,12,16H,10-11H2,1-3H3. The highest BCUT2D eigenvalue weighted by atomic mass is 32.2. The number of ether oxygens (including phenoxy) is 2. The maximum Gasteiger partial charge on any atom is 0.268 e. The lowest BCUT2D eigenvalue weighted by Gasteiger charge is -2.34. The van der Waals surface area contributed by atoms with Crippen molar-refractivity contribution in [2.45, 2.75) is 24.3 Å². The zero-order chi connectivity index (χ0) is 17.3. The van der Waals surface area contributed by atoms with Gasteiger partial charge in [-0.3, -0.25) is 4.31 Å². The van der Waals surface area contributed by atoms with E-state index in [4.69, 9.17) is 9.47 Å². The Balaban J connectivity index is 2.13. The molecule has 1 heterocycles. The first kappa shape index (κ1) is 16.8. The van der Waals surface area contributed by atoms with Gasteiger partial charge in [0.15, 0.2) is 0 Å². The molecule has 0 saturated heterocycles. The van der Waals surface area contributed by atoms with Gasteiger partial charge in [0.25, 0.3) is 10.0 Å². The third-order valence-corrected chi connectivity index (χ3v) is 6.15. The van der Waals surface area contributed by atoms with Gasteiger partial charge in [0, 0.05) is 19.2 Å². The van der Waals surface area contributed by atoms with Crippen molar-refractivity contribution in [3.8, 4) is 5.75 Å². The highest BCUT2D eigenvalue weighted by Crippen LogP contribution is 2.39. The van der Waals surface area contributed by atoms with E-state index < -0.39 is 10.0 Å². The molecule has 1 atom stereocenters. The number of rotatable bonds is 4. The molecule has 1 aliphatic heterocycles. The van der Waals surface area contributed by atoms with Gasteiger partial charge in [0.05, 0.1) is 18.9 Å². The fourth-order valence-corrected chi connectivity index (χ4v) is 4.84. The topological polar surface area (TPSA) is 55.8 Å². The smallest absolute Gasteiger partial charge is 0.268 e. The number of sulfonamides is 1. The van der Waals surface area contributed by atoms with Crippen LogP contribution in [0, 0.1) is 6.92 Å². The monoisotopic (exact) mass is 347 g/mol. The molecule has 2 aromatic carbocycles. The first-order chi connectivity index (χ1) is 11.5. The van der Waals surface area contributed by atoms with Gasteiger partial charge in [0.1, 0.15) is 10.6 Å². The summed E-state index contributed by atoms with van der Waals surface area (Å²) in [5, 5.41) is 0. The first-order valence-corrected chi connectivity index (χ1v) is 9.22. The molecule has 3 rings (SSSR count). The van der Waals surface area contributed by atoms with E-state index in [9.17, 15) is 8.42 Å². The molecular formula is C18H21NO4S. The molecule has 1 unspecified atom stereocenters. The molecule has 1 aliphatic rings. The Morgan fingerprint density at radius 1 is 1.12 bits per heavy atom. The number of hydrogen-bond donors (Lipinski definition) is 0. The summed E-state index contributed by atoms with van der Waals surface area (Å²) in [6, 6.07) is 12.7. The minimum absolute atomic E-state index is 0.0907. The van der Waals surface area contributed by atoms with Crippen LogP contribution in [0.15, 0.2) is 47.4 Å². The normalized spacial score (nSPS) is 17.5. The van der Waals surface area contributed by atoms with Crippen molar-refractivity contribution in [1.82, 2.24) is 0 Å². The van der Waals surface area contributed by atoms with E-state index in [0.29, 0.717) is 24.4 Å². The second-order valence-corrected chi connectivity index (χ2v) is 7.63. The van der Waals surface area contributed by atoms with Crippen molar-refractivity contribution in [1.29, 1.82) is 0 Å². The van der Waals surface area contributed by atoms with Crippen LogP contribution in [0.1, 0.15) is 23.7 Å². The number of anilines is 1. The number of benzene rings is 2. The number of para-hydroxylation sites is 1. The van der Waals surface area contributed by atoms with Gasteiger partial charge in [-0.25, -0.2) is 8.42 Å². The van der Waals surface area contributed by atoms with Crippen molar-refractivity contribution >= 4 is 15.7 Å². The van der Waals surface area contributed by atoms with E-state index >= 15 is 0 Å². The average molecular weight is 347 g/mol. The summed E-state index contributed by atoms with van der Waals surface area (Å²) in [6.45, 7) is 2.23. The highest BCUT2D eigenvalue weighted by molar-refractivity contribution is 7.93. The molecule has 0 aromatic heterocycles. The number of hydrogen-bond acceptors (Lipinski definition) is 4. The fraction of sp³-hybridized carbons (Fsp3) is 0.333. The Morgan fingerprint density at radius 2 is 1.88 bits per heavy atom. The lowest BCUT2D eigenvalue weighted by molar-refractivity contribution is 0.0951. The summed E-state index contributed by atoms with van der Waals surface area (Å²) in [5.74, 6) is 0.354. The molecule has 0 saturated carbocycles. The summed E-state index contributed by atoms with van der Waals surface area (Å²) >= 11 is 0. The third kappa shape index (κ3) is 2.76. The van der Waals surface area contributed by atoms with Crippen LogP contribution in [-0.4, -0.2) is 29.2 Å². The van der Waals surface area contributed by atoms with E-state index in [1.54, 1.807) is 19.2 Å². The molecule has 128 valence electrons. The molecule has 0 N–H and O–H groups in total. The fourth-order valence-electron chi connectivity index (χ4n) is 3.10. The van der Waals surface area contributed by atoms with Crippen LogP contribution < -0.4 is 9.04 Å². The van der Waals surface area contributed by atoms with Crippen molar-refractivity contribution < 1.29 is 17.9 Å². The Kier molecular flexibility index (Phi) is 4.51. The lowest BCUT2D eigenvalue weighted by Crippen LogP contribution is -2.37. The molecule has 0 radical (unpaired) electrons. The average Bonchev–Trinajstić information content (AvgIpc) is 2.60. The largest absolute Gasteiger partial charge is 0.495 e. The molecule has 0 amide bonds. The van der Waals surface area contributed by atoms with E-state index in [1.807, 2.05) is 37.3 Å². The first-order valence-electron chi connectivity index (χ1n) is 7.78. The molecule has 2 aromatic rings. The number of nitrogens with zero attached hydrogens (tertiary/aromatic N) is 1. The van der Waals surface area contributed by atoms with Gasteiger partial charge in [-0.1, -0.05) is 24.3 Å². The zero-order valence-electron chi connectivity index (χ0n) is 14.0. The Morgan fingerprint density at radius 3 is 2.58 bits per heavy atom. The van der Waals surface area contributed by atoms with Crippen LogP contribution in [0.5, 0.6) is 5.75 Å². The lowest BCUT2D eigenvalue weighted by atomic mass is 10.0. The van der Waals surface area contributed by atoms with Gasteiger partial charge in [0.2, 0.25) is 0 Å². The van der Waals surface area contributed by atoms with Crippen molar-refractivity contribution in [2.75, 3.05) is 25.1 Å². The summed E-state index contributed by atoms with van der Waals surface area (Å²) in [7, 11) is -0.591. The van der Waals surface area contributed by atoms with E-state index in [1.165, 1.54) is 11.4 Å². The van der Waals surface area contributed by atoms with Gasteiger partial charge in [-0.2, -0.15) is 0 Å². The minimum Gasteiger partial charge on any atom is -0.495 e. The zero-order valence-corrected chi connectivity index (χ0v) is 14.8. The number of aryl methyl sites for hydroxylation is 1. The molecule has 0 aliphatic carbocycles. The van der Waals surface area contributed by atoms with Gasteiger partial charge < -0.3 is 9.47 Å². The predicted molar refractivity (Wildman–Crippen MR) is 93.1 cm³/mol. The van der Waals surface area contributed by atoms with Crippen LogP contribution in [0.2, 0.25) is 0 Å². The van der Waals surface area contributed by atoms with Crippen LogP contribution >= 0.6 is 0 Å². The maximum atomic E-state index is 13.3. The van der Waals surface area contributed by atoms with Gasteiger partial charge >= 0.3 is 0 Å². The van der Waals surface area contributed by atoms with Crippen LogP contribution in [0.4, 0.5) is 5.69 Å². The van der Waals surface area contributed by atoms with Crippen molar-refractivity contribution in [3.63, 3.8) is 0 Å². The van der Waals surface area contributed by atoms with Crippen LogP contribution in [0.25, 0.3) is 0 Å². The van der Waals surface area contributed by atoms with Crippen LogP contribution in [0.3, 0.4) is 0 Å². The van der Waals surface area contributed by atoms with E-state index in [-0.39, 0.29) is 11.0 Å². The molecule has 5 nitrogen and oxygen atoms in total. The summed E-state index contributed by atoms with van der Waals surface area (Å²) in [5.41, 5.74) is 2.43. The number of fused-ring (bicyclic) bond motifs is 1. The number of methoxy groups -OCH3 is 2. The second kappa shape index (κ2) is 6.45. The highest BCUT2D eigenvalue weighted by Gasteiger charge is 2.34. The van der Waals surface area contributed by atoms with Gasteiger partial charge in [-0.15, -0.1) is 0 Å². The predicted octanol–water partition coefficient (Wildman–Crippen LogP) is 3.29. The summed E-state index contributed by atoms with van der Waals surface area (Å²) in [6.07, 6.45) is 0.521. The molecule has 0 fully saturated rings. The Labute approximate surface area is 142 Å². The quantitative estimate of drug-likeness (QED) is 0.852. The maximum absolute atomic E-state index is 13.3. The molecule has 0 bridgehead atoms. The summed E-state index contributed by atoms with van der Waals surface area (Å²) < 4.78 is 38.8. The van der Waals surface area contributed by atoms with Crippen LogP contribution in [-0.2, 0) is 14.8 Å². The molecular weight excluding hydrogens is 326 g/mol. The van der Waals surface area contributed by atoms with E-state index in [2.05, 4.69) is 0 Å². The SMILES string of the molecule is COc1ccc(C)cc1S(=O)(=O)N1CCC(OC)c2ccccc21. The molecule has 24 heavy (non-hydrogen) atoms. The second-order valence-electron chi connectivity index (χ2n) is 5.80. The molecule has 0 spiro atoms. The summed E-state index contributed by atoms with van der Waals surface area (Å²) in [4.78, 5) is 0.190. The Hall–Kier alpha value is -2.05. The molecule has 6 heteroatoms. The van der Waals surface area contributed by atoms with Crippen molar-refractivity contribution in [3.05, 3.63) is 53.6 Å². The minimum atomic E-state index is -3.72. The Bertz CT molecular complexity index is 848. The third-order valence-electron chi connectivity index (χ3n) is 4.32. The van der Waals surface area contributed by atoms with Gasteiger partial charge in [-0.05, 0) is 37.1 Å². The van der Waals surface area contributed by atoms with E-state index in [0.717, 1.165) is 11.1 Å². The van der Waals surface area contributed by atoms with Crippen molar-refractivity contribution in [2.24, 2.45) is 0 Å².